The van der Waals surface area contributed by atoms with Crippen LogP contribution in [0.3, 0.4) is 0 Å². The van der Waals surface area contributed by atoms with E-state index in [1.165, 1.54) is 5.56 Å². The van der Waals surface area contributed by atoms with Crippen molar-refractivity contribution in [2.24, 2.45) is 0 Å². The molecule has 2 heterocycles. The van der Waals surface area contributed by atoms with Crippen molar-refractivity contribution in [1.82, 2.24) is 15.2 Å². The Hall–Kier alpha value is -2.24. The highest BCUT2D eigenvalue weighted by atomic mass is 16.3. The van der Waals surface area contributed by atoms with E-state index in [0.717, 1.165) is 23.1 Å². The lowest BCUT2D eigenvalue weighted by Gasteiger charge is -2.38. The number of likely N-dealkylation sites (tertiary alicyclic amines) is 1. The number of hydrogen-bond acceptors (Lipinski definition) is 4. The van der Waals surface area contributed by atoms with E-state index in [4.69, 9.17) is 0 Å². The molecule has 2 N–H and O–H groups in total. The molecular weight excluding hydrogens is 326 g/mol. The average molecular weight is 353 g/mol. The zero-order valence-electron chi connectivity index (χ0n) is 15.5. The van der Waals surface area contributed by atoms with Crippen molar-refractivity contribution in [3.8, 4) is 0 Å². The number of nitrogens with one attached hydrogen (secondary N) is 1. The molecule has 1 aromatic heterocycles. The first-order valence-corrected chi connectivity index (χ1v) is 9.15. The van der Waals surface area contributed by atoms with Crippen molar-refractivity contribution < 1.29 is 9.90 Å². The van der Waals surface area contributed by atoms with Crippen LogP contribution in [0.15, 0.2) is 42.7 Å². The van der Waals surface area contributed by atoms with Crippen molar-refractivity contribution in [1.29, 1.82) is 0 Å². The number of hydrogen-bond donors (Lipinski definition) is 2. The van der Waals surface area contributed by atoms with E-state index in [-0.39, 0.29) is 12.5 Å². The number of aromatic nitrogens is 1. The molecule has 2 aromatic rings. The quantitative estimate of drug-likeness (QED) is 0.837. The number of rotatable bonds is 6. The number of aryl methyl sites for hydroxylation is 2. The molecule has 0 aliphatic carbocycles. The molecule has 0 bridgehead atoms. The summed E-state index contributed by atoms with van der Waals surface area (Å²) >= 11 is 0. The van der Waals surface area contributed by atoms with Crippen molar-refractivity contribution in [3.05, 3.63) is 65.0 Å². The van der Waals surface area contributed by atoms with Gasteiger partial charge in [-0.25, -0.2) is 0 Å². The highest BCUT2D eigenvalue weighted by Crippen LogP contribution is 2.24. The molecule has 1 amide bonds. The topological polar surface area (TPSA) is 65.5 Å². The van der Waals surface area contributed by atoms with E-state index in [1.54, 1.807) is 11.1 Å². The van der Waals surface area contributed by atoms with Gasteiger partial charge in [-0.1, -0.05) is 29.8 Å². The Morgan fingerprint density at radius 3 is 2.92 bits per heavy atom. The van der Waals surface area contributed by atoms with Gasteiger partial charge in [-0.2, -0.15) is 0 Å². The van der Waals surface area contributed by atoms with Gasteiger partial charge in [0.25, 0.3) is 5.91 Å². The minimum atomic E-state index is -1.33. The molecule has 0 radical (unpaired) electrons. The van der Waals surface area contributed by atoms with Gasteiger partial charge in [0.2, 0.25) is 0 Å². The summed E-state index contributed by atoms with van der Waals surface area (Å²) < 4.78 is 0. The second-order valence-electron chi connectivity index (χ2n) is 7.26. The second-order valence-corrected chi connectivity index (χ2v) is 7.26. The number of piperidine rings is 1. The number of benzene rings is 1. The minimum absolute atomic E-state index is 0.177. The van der Waals surface area contributed by atoms with E-state index < -0.39 is 5.60 Å². The lowest BCUT2D eigenvalue weighted by atomic mass is 9.91. The summed E-state index contributed by atoms with van der Waals surface area (Å²) in [5.41, 5.74) is 3.18. The zero-order chi connectivity index (χ0) is 18.6. The smallest absolute Gasteiger partial charge is 0.256 e. The lowest BCUT2D eigenvalue weighted by molar-refractivity contribution is -0.157. The lowest BCUT2D eigenvalue weighted by Crippen LogP contribution is -2.57. The van der Waals surface area contributed by atoms with Gasteiger partial charge in [0.05, 0.1) is 0 Å². The summed E-state index contributed by atoms with van der Waals surface area (Å²) in [5.74, 6) is -0.177. The Morgan fingerprint density at radius 2 is 2.15 bits per heavy atom. The van der Waals surface area contributed by atoms with Gasteiger partial charge in [-0.05, 0) is 49.4 Å². The summed E-state index contributed by atoms with van der Waals surface area (Å²) in [7, 11) is 0. The monoisotopic (exact) mass is 353 g/mol. The SMILES string of the molecule is Cc1cccc(CN2CCC[C@@](O)(CNCc3ccncc3C)C2=O)c1. The summed E-state index contributed by atoms with van der Waals surface area (Å²) in [6.07, 6.45) is 4.89. The van der Waals surface area contributed by atoms with E-state index in [9.17, 15) is 9.90 Å². The van der Waals surface area contributed by atoms with Crippen LogP contribution >= 0.6 is 0 Å². The molecule has 1 atom stereocenters. The highest BCUT2D eigenvalue weighted by molar-refractivity contribution is 5.86. The molecule has 1 aliphatic rings. The number of pyridine rings is 1. The van der Waals surface area contributed by atoms with Gasteiger partial charge in [-0.15, -0.1) is 0 Å². The molecule has 3 rings (SSSR count). The zero-order valence-corrected chi connectivity index (χ0v) is 15.5. The minimum Gasteiger partial charge on any atom is -0.379 e. The summed E-state index contributed by atoms with van der Waals surface area (Å²) in [5, 5.41) is 14.2. The summed E-state index contributed by atoms with van der Waals surface area (Å²) in [6, 6.07) is 10.1. The normalized spacial score (nSPS) is 20.4. The fraction of sp³-hybridized carbons (Fsp3) is 0.429. The van der Waals surface area contributed by atoms with Crippen LogP contribution in [-0.4, -0.2) is 39.6 Å². The maximum atomic E-state index is 12.9. The molecule has 5 nitrogen and oxygen atoms in total. The first-order valence-electron chi connectivity index (χ1n) is 9.15. The fourth-order valence-corrected chi connectivity index (χ4v) is 3.52. The molecule has 5 heteroatoms. The molecule has 0 spiro atoms. The van der Waals surface area contributed by atoms with Gasteiger partial charge in [0.1, 0.15) is 0 Å². The Kier molecular flexibility index (Phi) is 5.69. The molecule has 0 saturated carbocycles. The van der Waals surface area contributed by atoms with Crippen LogP contribution in [0, 0.1) is 13.8 Å². The van der Waals surface area contributed by atoms with Gasteiger partial charge in [0, 0.05) is 38.6 Å². The van der Waals surface area contributed by atoms with Gasteiger partial charge in [-0.3, -0.25) is 9.78 Å². The molecule has 1 fully saturated rings. The number of aliphatic hydroxyl groups is 1. The Labute approximate surface area is 155 Å². The van der Waals surface area contributed by atoms with E-state index in [2.05, 4.69) is 16.4 Å². The number of nitrogens with zero attached hydrogens (tertiary/aromatic N) is 2. The van der Waals surface area contributed by atoms with Crippen LogP contribution in [-0.2, 0) is 17.9 Å². The Bertz CT molecular complexity index is 777. The van der Waals surface area contributed by atoms with Crippen LogP contribution in [0.5, 0.6) is 0 Å². The van der Waals surface area contributed by atoms with Crippen molar-refractivity contribution in [2.75, 3.05) is 13.1 Å². The maximum Gasteiger partial charge on any atom is 0.256 e. The average Bonchev–Trinajstić information content (AvgIpc) is 2.61. The maximum absolute atomic E-state index is 12.9. The van der Waals surface area contributed by atoms with Crippen LogP contribution in [0.1, 0.15) is 35.1 Å². The predicted molar refractivity (Wildman–Crippen MR) is 101 cm³/mol. The highest BCUT2D eigenvalue weighted by Gasteiger charge is 2.41. The molecule has 0 unspecified atom stereocenters. The standard InChI is InChI=1S/C21H27N3O2/c1-16-5-3-6-18(11-16)14-24-10-4-8-21(26,20(24)25)15-23-13-19-7-9-22-12-17(19)2/h3,5-7,9,11-12,23,26H,4,8,10,13-15H2,1-2H3/t21-/m1/s1. The van der Waals surface area contributed by atoms with Crippen LogP contribution in [0.25, 0.3) is 0 Å². The second kappa shape index (κ2) is 7.98. The van der Waals surface area contributed by atoms with E-state index in [1.807, 2.05) is 44.3 Å². The molecule has 138 valence electrons. The van der Waals surface area contributed by atoms with Gasteiger partial charge < -0.3 is 15.3 Å². The summed E-state index contributed by atoms with van der Waals surface area (Å²) in [4.78, 5) is 18.7. The Balaban J connectivity index is 1.61. The van der Waals surface area contributed by atoms with Crippen molar-refractivity contribution in [2.45, 2.75) is 45.4 Å². The van der Waals surface area contributed by atoms with Gasteiger partial charge >= 0.3 is 0 Å². The predicted octanol–water partition coefficient (Wildman–Crippen LogP) is 2.34. The third-order valence-corrected chi connectivity index (χ3v) is 5.03. The van der Waals surface area contributed by atoms with E-state index >= 15 is 0 Å². The number of carbonyl (C=O) groups is 1. The van der Waals surface area contributed by atoms with E-state index in [0.29, 0.717) is 26.1 Å². The molecule has 26 heavy (non-hydrogen) atoms. The third kappa shape index (κ3) is 4.29. The van der Waals surface area contributed by atoms with Crippen LogP contribution in [0.4, 0.5) is 0 Å². The molecule has 1 aromatic carbocycles. The number of carbonyl (C=O) groups excluding carboxylic acids is 1. The summed E-state index contributed by atoms with van der Waals surface area (Å²) in [6.45, 7) is 6.17. The third-order valence-electron chi connectivity index (χ3n) is 5.03. The first-order chi connectivity index (χ1) is 12.5. The van der Waals surface area contributed by atoms with Gasteiger partial charge in [0.15, 0.2) is 5.60 Å². The molecular formula is C21H27N3O2. The Morgan fingerprint density at radius 1 is 1.31 bits per heavy atom. The molecule has 1 saturated heterocycles. The first kappa shape index (κ1) is 18.5. The van der Waals surface area contributed by atoms with Crippen molar-refractivity contribution >= 4 is 5.91 Å². The number of amides is 1. The van der Waals surface area contributed by atoms with Crippen molar-refractivity contribution in [3.63, 3.8) is 0 Å². The van der Waals surface area contributed by atoms with Crippen LogP contribution in [0.2, 0.25) is 0 Å². The fourth-order valence-electron chi connectivity index (χ4n) is 3.52. The largest absolute Gasteiger partial charge is 0.379 e. The van der Waals surface area contributed by atoms with Crippen LogP contribution < -0.4 is 5.32 Å². The molecule has 1 aliphatic heterocycles.